The van der Waals surface area contributed by atoms with Gasteiger partial charge in [0.15, 0.2) is 0 Å². The Labute approximate surface area is 173 Å². The van der Waals surface area contributed by atoms with Gasteiger partial charge in [-0.3, -0.25) is 14.4 Å². The van der Waals surface area contributed by atoms with E-state index in [0.29, 0.717) is 12.3 Å². The van der Waals surface area contributed by atoms with Gasteiger partial charge in [-0.05, 0) is 54.8 Å². The van der Waals surface area contributed by atoms with E-state index in [4.69, 9.17) is 14.2 Å². The number of carbonyl (C=O) groups excluding carboxylic acids is 3. The van der Waals surface area contributed by atoms with Gasteiger partial charge in [0, 0.05) is 6.92 Å². The van der Waals surface area contributed by atoms with Crippen molar-refractivity contribution in [3.05, 3.63) is 0 Å². The van der Waals surface area contributed by atoms with Crippen LogP contribution in [0.15, 0.2) is 0 Å². The van der Waals surface area contributed by atoms with E-state index in [2.05, 4.69) is 20.8 Å². The minimum atomic E-state index is -0.640. The molecule has 29 heavy (non-hydrogen) atoms. The van der Waals surface area contributed by atoms with Crippen LogP contribution in [-0.2, 0) is 28.6 Å². The highest BCUT2D eigenvalue weighted by molar-refractivity contribution is 5.85. The lowest BCUT2D eigenvalue weighted by Gasteiger charge is -2.66. The van der Waals surface area contributed by atoms with E-state index in [1.54, 1.807) is 0 Å². The SMILES string of the molecule is COC(=O)[C@@H]1CC[C@@H]2[C@@]3(C)CCCC(C)(C)[C@@H]3C[C@@H](OC(C)=O)[C@]23COC(=O)[C@H]13. The van der Waals surface area contributed by atoms with E-state index in [-0.39, 0.29) is 41.3 Å². The highest BCUT2D eigenvalue weighted by Crippen LogP contribution is 2.71. The normalized spacial score (nSPS) is 45.3. The molecule has 0 aromatic carbocycles. The molecule has 3 saturated carbocycles. The molecule has 4 fully saturated rings. The van der Waals surface area contributed by atoms with Gasteiger partial charge in [-0.2, -0.15) is 0 Å². The van der Waals surface area contributed by atoms with Crippen molar-refractivity contribution in [2.45, 2.75) is 72.3 Å². The van der Waals surface area contributed by atoms with Crippen LogP contribution in [0.25, 0.3) is 0 Å². The number of carbonyl (C=O) groups is 3. The van der Waals surface area contributed by atoms with Gasteiger partial charge < -0.3 is 14.2 Å². The second-order valence-corrected chi connectivity index (χ2v) is 10.7. The highest BCUT2D eigenvalue weighted by atomic mass is 16.6. The summed E-state index contributed by atoms with van der Waals surface area (Å²) in [6.07, 6.45) is 5.17. The molecule has 1 aliphatic heterocycles. The average Bonchev–Trinajstić information content (AvgIpc) is 2.99. The summed E-state index contributed by atoms with van der Waals surface area (Å²) in [5, 5.41) is 0. The number of cyclic esters (lactones) is 1. The minimum Gasteiger partial charge on any atom is -0.469 e. The number of hydrogen-bond donors (Lipinski definition) is 0. The molecule has 0 amide bonds. The van der Waals surface area contributed by atoms with Crippen LogP contribution in [0.1, 0.15) is 66.2 Å². The van der Waals surface area contributed by atoms with Crippen molar-refractivity contribution in [1.29, 1.82) is 0 Å². The number of fused-ring (bicyclic) bond motifs is 2. The van der Waals surface area contributed by atoms with Gasteiger partial charge in [0.2, 0.25) is 0 Å². The Kier molecular flexibility index (Phi) is 4.78. The third kappa shape index (κ3) is 2.77. The second kappa shape index (κ2) is 6.71. The third-order valence-electron chi connectivity index (χ3n) is 9.05. The number of esters is 3. The van der Waals surface area contributed by atoms with Crippen molar-refractivity contribution >= 4 is 17.9 Å². The predicted octanol–water partition coefficient (Wildman–Crippen LogP) is 3.51. The summed E-state index contributed by atoms with van der Waals surface area (Å²) in [7, 11) is 1.37. The largest absolute Gasteiger partial charge is 0.469 e. The Morgan fingerprint density at radius 3 is 2.48 bits per heavy atom. The topological polar surface area (TPSA) is 78.9 Å². The fraction of sp³-hybridized carbons (Fsp3) is 0.870. The Morgan fingerprint density at radius 2 is 1.83 bits per heavy atom. The summed E-state index contributed by atoms with van der Waals surface area (Å²) in [6.45, 7) is 8.68. The van der Waals surface area contributed by atoms with E-state index in [9.17, 15) is 14.4 Å². The van der Waals surface area contributed by atoms with Crippen LogP contribution in [0.5, 0.6) is 0 Å². The van der Waals surface area contributed by atoms with Crippen molar-refractivity contribution < 1.29 is 28.6 Å². The number of methoxy groups -OCH3 is 1. The van der Waals surface area contributed by atoms with Crippen molar-refractivity contribution in [2.75, 3.05) is 13.7 Å². The Morgan fingerprint density at radius 1 is 1.10 bits per heavy atom. The van der Waals surface area contributed by atoms with Crippen molar-refractivity contribution in [3.63, 3.8) is 0 Å². The molecule has 7 atom stereocenters. The highest BCUT2D eigenvalue weighted by Gasteiger charge is 2.73. The van der Waals surface area contributed by atoms with Crippen LogP contribution in [0.3, 0.4) is 0 Å². The summed E-state index contributed by atoms with van der Waals surface area (Å²) in [5.41, 5.74) is -0.463. The van der Waals surface area contributed by atoms with Gasteiger partial charge >= 0.3 is 17.9 Å². The van der Waals surface area contributed by atoms with Crippen LogP contribution >= 0.6 is 0 Å². The lowest BCUT2D eigenvalue weighted by atomic mass is 9.38. The Balaban J connectivity index is 1.85. The number of rotatable bonds is 2. The molecular weight excluding hydrogens is 372 g/mol. The molecule has 162 valence electrons. The molecule has 4 rings (SSSR count). The first kappa shape index (κ1) is 20.7. The van der Waals surface area contributed by atoms with Crippen LogP contribution in [0, 0.1) is 39.9 Å². The maximum Gasteiger partial charge on any atom is 0.310 e. The molecule has 1 saturated heterocycles. The zero-order chi connectivity index (χ0) is 21.2. The molecule has 4 aliphatic rings. The standard InChI is InChI=1S/C23H34O6/c1-13(24)29-17-11-16-21(2,3)9-6-10-22(16,4)15-8-7-14(19(25)27-5)18-20(26)28-12-23(15,17)18/h14-18H,6-12H2,1-5H3/t14-,15-,16+,17-,18+,22-,23+/m1/s1. The molecule has 0 aromatic rings. The van der Waals surface area contributed by atoms with E-state index >= 15 is 0 Å². The first-order valence-electron chi connectivity index (χ1n) is 11.0. The summed E-state index contributed by atoms with van der Waals surface area (Å²) < 4.78 is 16.6. The van der Waals surface area contributed by atoms with E-state index in [1.165, 1.54) is 14.0 Å². The van der Waals surface area contributed by atoms with E-state index in [0.717, 1.165) is 32.1 Å². The lowest BCUT2D eigenvalue weighted by molar-refractivity contribution is -0.232. The van der Waals surface area contributed by atoms with Crippen molar-refractivity contribution in [2.24, 2.45) is 39.9 Å². The van der Waals surface area contributed by atoms with Crippen molar-refractivity contribution in [3.8, 4) is 0 Å². The van der Waals surface area contributed by atoms with Gasteiger partial charge in [0.05, 0.1) is 24.4 Å². The van der Waals surface area contributed by atoms with Crippen molar-refractivity contribution in [1.82, 2.24) is 0 Å². The van der Waals surface area contributed by atoms with Gasteiger partial charge in [-0.25, -0.2) is 0 Å². The molecule has 0 radical (unpaired) electrons. The zero-order valence-electron chi connectivity index (χ0n) is 18.3. The molecule has 0 aromatic heterocycles. The van der Waals surface area contributed by atoms with E-state index < -0.39 is 23.4 Å². The maximum atomic E-state index is 12.9. The fourth-order valence-corrected chi connectivity index (χ4v) is 8.06. The lowest BCUT2D eigenvalue weighted by Crippen LogP contribution is -2.67. The van der Waals surface area contributed by atoms with Crippen LogP contribution in [0.4, 0.5) is 0 Å². The summed E-state index contributed by atoms with van der Waals surface area (Å²) in [4.78, 5) is 37.6. The quantitative estimate of drug-likeness (QED) is 0.516. The fourth-order valence-electron chi connectivity index (χ4n) is 8.06. The maximum absolute atomic E-state index is 12.9. The number of hydrogen-bond acceptors (Lipinski definition) is 6. The van der Waals surface area contributed by atoms with Crippen LogP contribution < -0.4 is 0 Å². The molecule has 6 nitrogen and oxygen atoms in total. The zero-order valence-corrected chi connectivity index (χ0v) is 18.3. The predicted molar refractivity (Wildman–Crippen MR) is 105 cm³/mol. The van der Waals surface area contributed by atoms with Gasteiger partial charge in [0.25, 0.3) is 0 Å². The molecule has 0 N–H and O–H groups in total. The second-order valence-electron chi connectivity index (χ2n) is 10.7. The van der Waals surface area contributed by atoms with E-state index in [1.807, 2.05) is 0 Å². The number of ether oxygens (including phenoxy) is 3. The van der Waals surface area contributed by atoms with Gasteiger partial charge in [-0.1, -0.05) is 27.2 Å². The Hall–Kier alpha value is -1.59. The summed E-state index contributed by atoms with van der Waals surface area (Å²) in [5.74, 6) is -1.57. The third-order valence-corrected chi connectivity index (χ3v) is 9.05. The van der Waals surface area contributed by atoms with Crippen LogP contribution in [-0.4, -0.2) is 37.7 Å². The molecule has 3 aliphatic carbocycles. The Bertz CT molecular complexity index is 729. The molecule has 0 bridgehead atoms. The summed E-state index contributed by atoms with van der Waals surface area (Å²) >= 11 is 0. The molecular formula is C23H34O6. The molecule has 1 heterocycles. The molecule has 6 heteroatoms. The first-order valence-corrected chi connectivity index (χ1v) is 11.0. The van der Waals surface area contributed by atoms with Crippen LogP contribution in [0.2, 0.25) is 0 Å². The van der Waals surface area contributed by atoms with Gasteiger partial charge in [0.1, 0.15) is 12.7 Å². The molecule has 1 spiro atoms. The minimum absolute atomic E-state index is 0.0335. The monoisotopic (exact) mass is 406 g/mol. The average molecular weight is 407 g/mol. The van der Waals surface area contributed by atoms with Gasteiger partial charge in [-0.15, -0.1) is 0 Å². The molecule has 0 unspecified atom stereocenters. The first-order chi connectivity index (χ1) is 13.6. The summed E-state index contributed by atoms with van der Waals surface area (Å²) in [6, 6.07) is 0. The smallest absolute Gasteiger partial charge is 0.310 e.